The molecule has 2 rings (SSSR count). The molecule has 1 nitrogen and oxygen atoms in total. The van der Waals surface area contributed by atoms with E-state index in [1.165, 1.54) is 49.0 Å². The van der Waals surface area contributed by atoms with Crippen LogP contribution in [0.1, 0.15) is 70.8 Å². The van der Waals surface area contributed by atoms with Gasteiger partial charge in [-0.3, -0.25) is 0 Å². The summed E-state index contributed by atoms with van der Waals surface area (Å²) in [6.07, 6.45) is 8.14. The fourth-order valence-electron chi connectivity index (χ4n) is 3.08. The summed E-state index contributed by atoms with van der Waals surface area (Å²) in [5, 5.41) is 4.53. The molecule has 0 amide bonds. The number of rotatable bonds is 6. The average molecular weight is 306 g/mol. The summed E-state index contributed by atoms with van der Waals surface area (Å²) in [4.78, 5) is 1.44. The van der Waals surface area contributed by atoms with E-state index in [9.17, 15) is 0 Å². The molecule has 0 saturated heterocycles. The largest absolute Gasteiger partial charge is 0.313 e. The van der Waals surface area contributed by atoms with Gasteiger partial charge < -0.3 is 5.32 Å². The molecular weight excluding hydrogens is 274 g/mol. The average Bonchev–Trinajstić information content (AvgIpc) is 2.71. The third-order valence-electron chi connectivity index (χ3n) is 4.44. The van der Waals surface area contributed by atoms with E-state index in [1.807, 2.05) is 0 Å². The lowest BCUT2D eigenvalue weighted by atomic mass is 10.0. The second-order valence-electron chi connectivity index (χ2n) is 6.58. The van der Waals surface area contributed by atoms with Gasteiger partial charge in [0, 0.05) is 16.2 Å². The van der Waals surface area contributed by atoms with Crippen molar-refractivity contribution in [3.05, 3.63) is 29.8 Å². The minimum Gasteiger partial charge on any atom is -0.313 e. The molecule has 0 heterocycles. The van der Waals surface area contributed by atoms with Gasteiger partial charge in [-0.1, -0.05) is 52.2 Å². The van der Waals surface area contributed by atoms with Crippen molar-refractivity contribution in [2.45, 2.75) is 81.4 Å². The van der Waals surface area contributed by atoms with Gasteiger partial charge in [-0.2, -0.15) is 0 Å². The Morgan fingerprint density at radius 3 is 2.48 bits per heavy atom. The van der Waals surface area contributed by atoms with Crippen molar-refractivity contribution in [1.82, 2.24) is 5.32 Å². The first kappa shape index (κ1) is 16.9. The molecule has 0 spiro atoms. The zero-order chi connectivity index (χ0) is 15.1. The predicted octanol–water partition coefficient (Wildman–Crippen LogP) is 5.60. The first-order chi connectivity index (χ1) is 10.2. The van der Waals surface area contributed by atoms with Gasteiger partial charge in [-0.05, 0) is 49.4 Å². The summed E-state index contributed by atoms with van der Waals surface area (Å²) in [6, 6.07) is 9.95. The van der Waals surface area contributed by atoms with Crippen LogP contribution in [-0.2, 0) is 0 Å². The van der Waals surface area contributed by atoms with Crippen molar-refractivity contribution in [1.29, 1.82) is 0 Å². The molecule has 2 unspecified atom stereocenters. The number of thioether (sulfide) groups is 1. The zero-order valence-electron chi connectivity index (χ0n) is 13.9. The van der Waals surface area contributed by atoms with Crippen LogP contribution in [0.4, 0.5) is 0 Å². The first-order valence-corrected chi connectivity index (χ1v) is 9.58. The number of benzene rings is 1. The first-order valence-electron chi connectivity index (χ1n) is 8.70. The van der Waals surface area contributed by atoms with Gasteiger partial charge in [0.25, 0.3) is 0 Å². The lowest BCUT2D eigenvalue weighted by Gasteiger charge is -2.26. The smallest absolute Gasteiger partial charge is 0.0248 e. The third kappa shape index (κ3) is 5.34. The van der Waals surface area contributed by atoms with Crippen molar-refractivity contribution in [2.75, 3.05) is 6.54 Å². The molecule has 1 N–H and O–H groups in total. The molecule has 118 valence electrons. The molecule has 1 aromatic carbocycles. The third-order valence-corrected chi connectivity index (χ3v) is 5.85. The lowest BCUT2D eigenvalue weighted by molar-refractivity contribution is 0.470. The highest BCUT2D eigenvalue weighted by Crippen LogP contribution is 2.33. The van der Waals surface area contributed by atoms with Gasteiger partial charge in [0.2, 0.25) is 0 Å². The SMILES string of the molecule is CCCNC1CCCCCC1Sc1ccc(C(C)C)cc1. The van der Waals surface area contributed by atoms with Crippen molar-refractivity contribution in [3.63, 3.8) is 0 Å². The van der Waals surface area contributed by atoms with Gasteiger partial charge in [0.05, 0.1) is 0 Å². The van der Waals surface area contributed by atoms with E-state index in [0.717, 1.165) is 11.8 Å². The topological polar surface area (TPSA) is 12.0 Å². The summed E-state index contributed by atoms with van der Waals surface area (Å²) >= 11 is 2.09. The lowest BCUT2D eigenvalue weighted by Crippen LogP contribution is -2.37. The summed E-state index contributed by atoms with van der Waals surface area (Å²) in [6.45, 7) is 7.95. The fourth-order valence-corrected chi connectivity index (χ4v) is 4.41. The fraction of sp³-hybridized carbons (Fsp3) is 0.684. The van der Waals surface area contributed by atoms with Gasteiger partial charge in [-0.15, -0.1) is 11.8 Å². The summed E-state index contributed by atoms with van der Waals surface area (Å²) in [7, 11) is 0. The maximum Gasteiger partial charge on any atom is 0.0248 e. The molecule has 1 fully saturated rings. The minimum absolute atomic E-state index is 0.626. The van der Waals surface area contributed by atoms with Crippen LogP contribution < -0.4 is 5.32 Å². The van der Waals surface area contributed by atoms with Crippen LogP contribution >= 0.6 is 11.8 Å². The molecular formula is C19H31NS. The Labute approximate surface area is 135 Å². The highest BCUT2D eigenvalue weighted by Gasteiger charge is 2.23. The van der Waals surface area contributed by atoms with Gasteiger partial charge in [0.15, 0.2) is 0 Å². The van der Waals surface area contributed by atoms with Crippen molar-refractivity contribution < 1.29 is 0 Å². The molecule has 21 heavy (non-hydrogen) atoms. The minimum atomic E-state index is 0.626. The molecule has 1 aliphatic rings. The Morgan fingerprint density at radius 1 is 1.10 bits per heavy atom. The van der Waals surface area contributed by atoms with Crippen LogP contribution in [-0.4, -0.2) is 17.8 Å². The molecule has 2 heteroatoms. The van der Waals surface area contributed by atoms with Crippen LogP contribution in [0.2, 0.25) is 0 Å². The maximum atomic E-state index is 3.79. The Balaban J connectivity index is 1.99. The molecule has 1 aliphatic carbocycles. The van der Waals surface area contributed by atoms with Crippen molar-refractivity contribution in [3.8, 4) is 0 Å². The van der Waals surface area contributed by atoms with Gasteiger partial charge in [0.1, 0.15) is 0 Å². The summed E-state index contributed by atoms with van der Waals surface area (Å²) in [5.74, 6) is 0.626. The van der Waals surface area contributed by atoms with E-state index in [4.69, 9.17) is 0 Å². The van der Waals surface area contributed by atoms with Crippen molar-refractivity contribution in [2.24, 2.45) is 0 Å². The number of hydrogen-bond acceptors (Lipinski definition) is 2. The molecule has 0 aromatic heterocycles. The van der Waals surface area contributed by atoms with Crippen LogP contribution in [0.25, 0.3) is 0 Å². The van der Waals surface area contributed by atoms with Crippen LogP contribution in [0.15, 0.2) is 29.2 Å². The number of hydrogen-bond donors (Lipinski definition) is 1. The molecule has 0 aliphatic heterocycles. The van der Waals surface area contributed by atoms with Gasteiger partial charge >= 0.3 is 0 Å². The number of nitrogens with one attached hydrogen (secondary N) is 1. The Hall–Kier alpha value is -0.470. The van der Waals surface area contributed by atoms with E-state index < -0.39 is 0 Å². The normalized spacial score (nSPS) is 23.2. The maximum absolute atomic E-state index is 3.79. The Morgan fingerprint density at radius 2 is 1.81 bits per heavy atom. The second-order valence-corrected chi connectivity index (χ2v) is 7.89. The monoisotopic (exact) mass is 305 g/mol. The highest BCUT2D eigenvalue weighted by atomic mass is 32.2. The van der Waals surface area contributed by atoms with E-state index in [-0.39, 0.29) is 0 Å². The van der Waals surface area contributed by atoms with E-state index >= 15 is 0 Å². The standard InChI is InChI=1S/C19H31NS/c1-4-14-20-18-8-6-5-7-9-19(18)21-17-12-10-16(11-13-17)15(2)3/h10-13,15,18-20H,4-9,14H2,1-3H3. The Bertz CT molecular complexity index is 399. The molecule has 1 aromatic rings. The van der Waals surface area contributed by atoms with E-state index in [0.29, 0.717) is 12.0 Å². The summed E-state index contributed by atoms with van der Waals surface area (Å²) in [5.41, 5.74) is 1.45. The highest BCUT2D eigenvalue weighted by molar-refractivity contribution is 8.00. The molecule has 0 radical (unpaired) electrons. The van der Waals surface area contributed by atoms with Crippen LogP contribution in [0.5, 0.6) is 0 Å². The summed E-state index contributed by atoms with van der Waals surface area (Å²) < 4.78 is 0. The second kappa shape index (κ2) is 8.85. The molecule has 2 atom stereocenters. The predicted molar refractivity (Wildman–Crippen MR) is 95.3 cm³/mol. The van der Waals surface area contributed by atoms with E-state index in [2.05, 4.69) is 62.1 Å². The molecule has 0 bridgehead atoms. The quantitative estimate of drug-likeness (QED) is 0.686. The molecule has 1 saturated carbocycles. The van der Waals surface area contributed by atoms with Crippen molar-refractivity contribution >= 4 is 11.8 Å². The van der Waals surface area contributed by atoms with Crippen LogP contribution in [0.3, 0.4) is 0 Å². The van der Waals surface area contributed by atoms with E-state index in [1.54, 1.807) is 0 Å². The van der Waals surface area contributed by atoms with Crippen LogP contribution in [0, 0.1) is 0 Å². The Kier molecular flexibility index (Phi) is 7.12. The van der Waals surface area contributed by atoms with Gasteiger partial charge in [-0.25, -0.2) is 0 Å². The zero-order valence-corrected chi connectivity index (χ0v) is 14.7.